The van der Waals surface area contributed by atoms with E-state index >= 15 is 0 Å². The molecular weight excluding hydrogens is 318 g/mol. The third kappa shape index (κ3) is 3.79. The number of carbonyl (C=O) groups excluding carboxylic acids is 2. The molecule has 0 aliphatic carbocycles. The van der Waals surface area contributed by atoms with Crippen LogP contribution in [-0.4, -0.2) is 29.4 Å². The molecule has 0 radical (unpaired) electrons. The van der Waals surface area contributed by atoms with Gasteiger partial charge in [0.15, 0.2) is 6.10 Å². The largest absolute Gasteiger partial charge is 0.478 e. The summed E-state index contributed by atoms with van der Waals surface area (Å²) in [6, 6.07) is 11.2. The number of hydrogen-bond acceptors (Lipinski definition) is 4. The van der Waals surface area contributed by atoms with Crippen LogP contribution in [0.15, 0.2) is 42.6 Å². The van der Waals surface area contributed by atoms with Gasteiger partial charge < -0.3 is 10.1 Å². The highest BCUT2D eigenvalue weighted by atomic mass is 16.5. The average Bonchev–Trinajstić information content (AvgIpc) is 2.63. The molecule has 0 spiro atoms. The number of anilines is 1. The summed E-state index contributed by atoms with van der Waals surface area (Å²) in [5, 5.41) is 2.81. The number of nitrogens with one attached hydrogen (secondary N) is 1. The molecule has 1 N–H and O–H groups in total. The van der Waals surface area contributed by atoms with Crippen molar-refractivity contribution in [1.29, 1.82) is 0 Å². The standard InChI is InChI=1S/C19H21N3O3/c1-3-16-19(24)22(15-10-13(2)7-8-17(15)25-16)12-18(23)21-11-14-6-4-5-9-20-14/h4-10,16H,3,11-12H2,1-2H3,(H,21,23)/t16-/m0/s1. The van der Waals surface area contributed by atoms with E-state index in [1.54, 1.807) is 6.20 Å². The molecule has 0 saturated heterocycles. The summed E-state index contributed by atoms with van der Waals surface area (Å²) in [6.07, 6.45) is 1.68. The normalized spacial score (nSPS) is 16.2. The molecule has 1 aromatic carbocycles. The van der Waals surface area contributed by atoms with E-state index in [-0.39, 0.29) is 18.4 Å². The van der Waals surface area contributed by atoms with Crippen molar-refractivity contribution in [2.24, 2.45) is 0 Å². The number of benzene rings is 1. The second-order valence-corrected chi connectivity index (χ2v) is 6.01. The lowest BCUT2D eigenvalue weighted by molar-refractivity contribution is -0.129. The number of ether oxygens (including phenoxy) is 1. The van der Waals surface area contributed by atoms with E-state index in [0.717, 1.165) is 11.3 Å². The number of carbonyl (C=O) groups is 2. The van der Waals surface area contributed by atoms with E-state index in [4.69, 9.17) is 4.74 Å². The molecule has 1 atom stereocenters. The van der Waals surface area contributed by atoms with Crippen LogP contribution in [0, 0.1) is 6.92 Å². The second-order valence-electron chi connectivity index (χ2n) is 6.01. The van der Waals surface area contributed by atoms with Gasteiger partial charge >= 0.3 is 0 Å². The van der Waals surface area contributed by atoms with Crippen LogP contribution in [0.1, 0.15) is 24.6 Å². The van der Waals surface area contributed by atoms with Gasteiger partial charge in [0.05, 0.1) is 17.9 Å². The van der Waals surface area contributed by atoms with E-state index in [0.29, 0.717) is 24.4 Å². The molecule has 130 valence electrons. The van der Waals surface area contributed by atoms with Crippen molar-refractivity contribution in [3.05, 3.63) is 53.9 Å². The van der Waals surface area contributed by atoms with E-state index in [2.05, 4.69) is 10.3 Å². The Hall–Kier alpha value is -2.89. The van der Waals surface area contributed by atoms with Gasteiger partial charge in [-0.1, -0.05) is 19.1 Å². The number of hydrogen-bond donors (Lipinski definition) is 1. The van der Waals surface area contributed by atoms with Gasteiger partial charge in [0.25, 0.3) is 5.91 Å². The predicted molar refractivity (Wildman–Crippen MR) is 94.3 cm³/mol. The number of aryl methyl sites for hydroxylation is 1. The van der Waals surface area contributed by atoms with Crippen LogP contribution in [0.5, 0.6) is 5.75 Å². The van der Waals surface area contributed by atoms with Gasteiger partial charge in [-0.15, -0.1) is 0 Å². The molecule has 2 aromatic rings. The second kappa shape index (κ2) is 7.34. The molecule has 1 aromatic heterocycles. The zero-order valence-corrected chi connectivity index (χ0v) is 14.4. The molecule has 0 saturated carbocycles. The zero-order chi connectivity index (χ0) is 17.8. The molecule has 6 nitrogen and oxygen atoms in total. The minimum Gasteiger partial charge on any atom is -0.478 e. The average molecular weight is 339 g/mol. The first-order valence-corrected chi connectivity index (χ1v) is 8.33. The molecule has 0 unspecified atom stereocenters. The van der Waals surface area contributed by atoms with Gasteiger partial charge in [0, 0.05) is 6.20 Å². The van der Waals surface area contributed by atoms with Crippen molar-refractivity contribution in [1.82, 2.24) is 10.3 Å². The fourth-order valence-electron chi connectivity index (χ4n) is 2.75. The first kappa shape index (κ1) is 17.0. The van der Waals surface area contributed by atoms with Crippen molar-refractivity contribution in [2.75, 3.05) is 11.4 Å². The van der Waals surface area contributed by atoms with Gasteiger partial charge in [-0.3, -0.25) is 19.5 Å². The van der Waals surface area contributed by atoms with Gasteiger partial charge in [-0.05, 0) is 43.2 Å². The van der Waals surface area contributed by atoms with Crippen LogP contribution in [0.4, 0.5) is 5.69 Å². The number of pyridine rings is 1. The first-order valence-electron chi connectivity index (χ1n) is 8.33. The Balaban J connectivity index is 1.74. The van der Waals surface area contributed by atoms with Crippen LogP contribution in [0.25, 0.3) is 0 Å². The van der Waals surface area contributed by atoms with Crippen molar-refractivity contribution in [3.63, 3.8) is 0 Å². The van der Waals surface area contributed by atoms with E-state index in [1.807, 2.05) is 50.2 Å². The van der Waals surface area contributed by atoms with E-state index < -0.39 is 6.10 Å². The summed E-state index contributed by atoms with van der Waals surface area (Å²) in [6.45, 7) is 4.12. The molecule has 2 amide bonds. The summed E-state index contributed by atoms with van der Waals surface area (Å²) in [5.41, 5.74) is 2.42. The Morgan fingerprint density at radius 1 is 1.32 bits per heavy atom. The molecule has 2 heterocycles. The Morgan fingerprint density at radius 3 is 2.88 bits per heavy atom. The Kier molecular flexibility index (Phi) is 4.97. The highest BCUT2D eigenvalue weighted by Gasteiger charge is 2.34. The minimum absolute atomic E-state index is 0.0397. The van der Waals surface area contributed by atoms with Crippen LogP contribution in [0.3, 0.4) is 0 Å². The molecule has 25 heavy (non-hydrogen) atoms. The number of rotatable bonds is 5. The fraction of sp³-hybridized carbons (Fsp3) is 0.316. The smallest absolute Gasteiger partial charge is 0.268 e. The fourth-order valence-corrected chi connectivity index (χ4v) is 2.75. The van der Waals surface area contributed by atoms with Gasteiger partial charge in [0.2, 0.25) is 5.91 Å². The van der Waals surface area contributed by atoms with Gasteiger partial charge in [0.1, 0.15) is 12.3 Å². The predicted octanol–water partition coefficient (Wildman–Crippen LogP) is 2.21. The highest BCUT2D eigenvalue weighted by molar-refractivity contribution is 6.03. The van der Waals surface area contributed by atoms with Crippen molar-refractivity contribution >= 4 is 17.5 Å². The van der Waals surface area contributed by atoms with Crippen molar-refractivity contribution in [2.45, 2.75) is 32.9 Å². The SMILES string of the molecule is CC[C@@H]1Oc2ccc(C)cc2N(CC(=O)NCc2ccccn2)C1=O. The summed E-state index contributed by atoms with van der Waals surface area (Å²) in [5.74, 6) is 0.214. The number of amides is 2. The lowest BCUT2D eigenvalue weighted by Crippen LogP contribution is -2.49. The lowest BCUT2D eigenvalue weighted by atomic mass is 10.1. The number of aromatic nitrogens is 1. The van der Waals surface area contributed by atoms with E-state index in [9.17, 15) is 9.59 Å². The summed E-state index contributed by atoms with van der Waals surface area (Å²) < 4.78 is 5.76. The number of nitrogens with zero attached hydrogens (tertiary/aromatic N) is 2. The summed E-state index contributed by atoms with van der Waals surface area (Å²) in [7, 11) is 0. The maximum absolute atomic E-state index is 12.6. The maximum Gasteiger partial charge on any atom is 0.268 e. The lowest BCUT2D eigenvalue weighted by Gasteiger charge is -2.33. The third-order valence-corrected chi connectivity index (χ3v) is 4.08. The third-order valence-electron chi connectivity index (χ3n) is 4.08. The van der Waals surface area contributed by atoms with Gasteiger partial charge in [-0.25, -0.2) is 0 Å². The molecule has 0 fully saturated rings. The van der Waals surface area contributed by atoms with Crippen LogP contribution >= 0.6 is 0 Å². The molecule has 1 aliphatic heterocycles. The summed E-state index contributed by atoms with van der Waals surface area (Å²) >= 11 is 0. The van der Waals surface area contributed by atoms with Crippen LogP contribution in [0.2, 0.25) is 0 Å². The number of fused-ring (bicyclic) bond motifs is 1. The topological polar surface area (TPSA) is 71.5 Å². The Morgan fingerprint density at radius 2 is 2.16 bits per heavy atom. The van der Waals surface area contributed by atoms with Crippen molar-refractivity contribution < 1.29 is 14.3 Å². The first-order chi connectivity index (χ1) is 12.1. The summed E-state index contributed by atoms with van der Waals surface area (Å²) in [4.78, 5) is 30.7. The maximum atomic E-state index is 12.6. The molecular formula is C19H21N3O3. The highest BCUT2D eigenvalue weighted by Crippen LogP contribution is 2.35. The molecule has 1 aliphatic rings. The zero-order valence-electron chi connectivity index (χ0n) is 14.4. The quantitative estimate of drug-likeness (QED) is 0.907. The monoisotopic (exact) mass is 339 g/mol. The van der Waals surface area contributed by atoms with Crippen LogP contribution in [-0.2, 0) is 16.1 Å². The molecule has 3 rings (SSSR count). The van der Waals surface area contributed by atoms with Crippen molar-refractivity contribution in [3.8, 4) is 5.75 Å². The Labute approximate surface area is 146 Å². The van der Waals surface area contributed by atoms with Gasteiger partial charge in [-0.2, -0.15) is 0 Å². The molecule has 6 heteroatoms. The molecule has 0 bridgehead atoms. The minimum atomic E-state index is -0.557. The van der Waals surface area contributed by atoms with Crippen LogP contribution < -0.4 is 15.0 Å². The Bertz CT molecular complexity index is 777. The van der Waals surface area contributed by atoms with E-state index in [1.165, 1.54) is 4.90 Å².